The van der Waals surface area contributed by atoms with Crippen molar-refractivity contribution in [3.8, 4) is 0 Å². The summed E-state index contributed by atoms with van der Waals surface area (Å²) < 4.78 is 0. The van der Waals surface area contributed by atoms with Gasteiger partial charge in [-0.2, -0.15) is 0 Å². The molecule has 0 aromatic carbocycles. The highest BCUT2D eigenvalue weighted by Gasteiger charge is 2.56. The molecule has 3 saturated carbocycles. The van der Waals surface area contributed by atoms with Crippen molar-refractivity contribution in [3.05, 3.63) is 47.8 Å². The minimum absolute atomic E-state index is 0.293. The second-order valence-electron chi connectivity index (χ2n) is 11.5. The van der Waals surface area contributed by atoms with E-state index in [0.29, 0.717) is 28.7 Å². The van der Waals surface area contributed by atoms with Gasteiger partial charge in [-0.3, -0.25) is 9.78 Å². The summed E-state index contributed by atoms with van der Waals surface area (Å²) in [7, 11) is 0. The molecule has 1 aromatic heterocycles. The van der Waals surface area contributed by atoms with Crippen molar-refractivity contribution in [3.63, 3.8) is 0 Å². The van der Waals surface area contributed by atoms with Crippen molar-refractivity contribution in [2.24, 2.45) is 34.5 Å². The van der Waals surface area contributed by atoms with E-state index in [1.165, 1.54) is 37.7 Å². The Labute approximate surface area is 186 Å². The fourth-order valence-electron chi connectivity index (χ4n) is 7.99. The van der Waals surface area contributed by atoms with Crippen LogP contribution in [0.2, 0.25) is 0 Å². The highest BCUT2D eigenvalue weighted by atomic mass is 16.2. The summed E-state index contributed by atoms with van der Waals surface area (Å²) in [5.74, 6) is 2.97. The van der Waals surface area contributed by atoms with Gasteiger partial charge in [0.1, 0.15) is 0 Å². The molecule has 1 heterocycles. The standard InChI is InChI=1S/C28H36N2O/c1-27-13-11-21(30-26(31)18-5-6-18)16-20(27)7-8-22-24-10-9-23(19-4-3-15-29-17-19)28(24,2)14-12-25(22)27/h3-4,7,9,15,17-18,21-22,24-25H,5-6,8,10-14,16H2,1-2H3,(H,30,31)/t21-,22+,24+,25+,27+,28-/m1/s1. The Morgan fingerprint density at radius 2 is 1.87 bits per heavy atom. The smallest absolute Gasteiger partial charge is 0.223 e. The van der Waals surface area contributed by atoms with Crippen LogP contribution in [0.3, 0.4) is 0 Å². The minimum Gasteiger partial charge on any atom is -0.353 e. The monoisotopic (exact) mass is 416 g/mol. The molecule has 0 bridgehead atoms. The third-order valence-electron chi connectivity index (χ3n) is 9.95. The zero-order valence-electron chi connectivity index (χ0n) is 19.1. The summed E-state index contributed by atoms with van der Waals surface area (Å²) in [4.78, 5) is 16.7. The van der Waals surface area contributed by atoms with E-state index in [2.05, 4.69) is 54.6 Å². The van der Waals surface area contributed by atoms with Gasteiger partial charge in [0.25, 0.3) is 0 Å². The van der Waals surface area contributed by atoms with Crippen LogP contribution in [-0.4, -0.2) is 16.9 Å². The number of nitrogens with zero attached hydrogens (tertiary/aromatic N) is 1. The number of amides is 1. The third-order valence-corrected chi connectivity index (χ3v) is 9.95. The molecule has 0 spiro atoms. The fourth-order valence-corrected chi connectivity index (χ4v) is 7.99. The Morgan fingerprint density at radius 3 is 2.65 bits per heavy atom. The van der Waals surface area contributed by atoms with Crippen LogP contribution < -0.4 is 5.32 Å². The SMILES string of the molecule is C[C@]12CC[C@@H](NC(=O)C3CC3)CC1=CC[C@@H]1[C@@H]2CC[C@]2(C)C(c3cccnc3)=CC[C@@H]12. The molecule has 3 fully saturated rings. The van der Waals surface area contributed by atoms with Crippen LogP contribution in [0.15, 0.2) is 42.3 Å². The van der Waals surface area contributed by atoms with Crippen LogP contribution in [0.5, 0.6) is 0 Å². The lowest BCUT2D eigenvalue weighted by Gasteiger charge is -2.58. The molecular formula is C28H36N2O. The lowest BCUT2D eigenvalue weighted by atomic mass is 9.47. The van der Waals surface area contributed by atoms with Crippen LogP contribution >= 0.6 is 0 Å². The summed E-state index contributed by atoms with van der Waals surface area (Å²) >= 11 is 0. The van der Waals surface area contributed by atoms with Crippen LogP contribution in [0.25, 0.3) is 5.57 Å². The molecule has 0 aliphatic heterocycles. The fraction of sp³-hybridized carbons (Fsp3) is 0.643. The Hall–Kier alpha value is -1.90. The maximum Gasteiger partial charge on any atom is 0.223 e. The van der Waals surface area contributed by atoms with E-state index < -0.39 is 0 Å². The Bertz CT molecular complexity index is 945. The van der Waals surface area contributed by atoms with Crippen molar-refractivity contribution >= 4 is 11.5 Å². The van der Waals surface area contributed by atoms with Gasteiger partial charge in [0.05, 0.1) is 0 Å². The molecule has 164 valence electrons. The average Bonchev–Trinajstić information content (AvgIpc) is 3.56. The Morgan fingerprint density at radius 1 is 1.03 bits per heavy atom. The van der Waals surface area contributed by atoms with E-state index in [1.807, 2.05) is 6.20 Å². The molecule has 0 radical (unpaired) electrons. The number of hydrogen-bond donors (Lipinski definition) is 1. The number of fused-ring (bicyclic) bond motifs is 5. The van der Waals surface area contributed by atoms with Gasteiger partial charge < -0.3 is 5.32 Å². The van der Waals surface area contributed by atoms with Crippen molar-refractivity contribution < 1.29 is 4.79 Å². The topological polar surface area (TPSA) is 42.0 Å². The maximum atomic E-state index is 12.3. The van der Waals surface area contributed by atoms with Crippen LogP contribution in [0.1, 0.15) is 77.2 Å². The number of rotatable bonds is 3. The summed E-state index contributed by atoms with van der Waals surface area (Å²) in [5, 5.41) is 3.38. The van der Waals surface area contributed by atoms with Crippen LogP contribution in [0, 0.1) is 34.5 Å². The number of carbonyl (C=O) groups is 1. The first-order chi connectivity index (χ1) is 15.0. The summed E-state index contributed by atoms with van der Waals surface area (Å²) in [5.41, 5.74) is 5.17. The number of allylic oxidation sites excluding steroid dienone is 3. The van der Waals surface area contributed by atoms with Gasteiger partial charge in [0.2, 0.25) is 5.91 Å². The molecule has 0 saturated heterocycles. The predicted molar refractivity (Wildman–Crippen MR) is 124 cm³/mol. The zero-order valence-corrected chi connectivity index (χ0v) is 19.1. The number of pyridine rings is 1. The molecule has 0 unspecified atom stereocenters. The molecule has 3 nitrogen and oxygen atoms in total. The lowest BCUT2D eigenvalue weighted by Crippen LogP contribution is -2.51. The molecule has 3 heteroatoms. The van der Waals surface area contributed by atoms with E-state index in [4.69, 9.17) is 0 Å². The van der Waals surface area contributed by atoms with E-state index in [-0.39, 0.29) is 0 Å². The van der Waals surface area contributed by atoms with Gasteiger partial charge in [0, 0.05) is 24.4 Å². The second kappa shape index (κ2) is 7.05. The number of hydrogen-bond acceptors (Lipinski definition) is 2. The summed E-state index contributed by atoms with van der Waals surface area (Å²) in [6.07, 6.45) is 19.8. The molecule has 1 amide bonds. The van der Waals surface area contributed by atoms with E-state index >= 15 is 0 Å². The van der Waals surface area contributed by atoms with Crippen molar-refractivity contribution in [1.29, 1.82) is 0 Å². The minimum atomic E-state index is 0.293. The molecule has 6 atom stereocenters. The van der Waals surface area contributed by atoms with Crippen LogP contribution in [-0.2, 0) is 4.79 Å². The molecule has 31 heavy (non-hydrogen) atoms. The molecule has 5 aliphatic rings. The molecule has 1 aromatic rings. The van der Waals surface area contributed by atoms with Gasteiger partial charge in [-0.1, -0.05) is 37.6 Å². The van der Waals surface area contributed by atoms with E-state index in [1.54, 1.807) is 11.1 Å². The first kappa shape index (κ1) is 19.8. The average molecular weight is 417 g/mol. The van der Waals surface area contributed by atoms with Crippen LogP contribution in [0.4, 0.5) is 0 Å². The normalized spacial score (nSPS) is 41.4. The molecule has 5 aliphatic carbocycles. The van der Waals surface area contributed by atoms with Gasteiger partial charge in [-0.25, -0.2) is 0 Å². The second-order valence-corrected chi connectivity index (χ2v) is 11.5. The van der Waals surface area contributed by atoms with Crippen molar-refractivity contribution in [1.82, 2.24) is 10.3 Å². The molecule has 1 N–H and O–H groups in total. The van der Waals surface area contributed by atoms with E-state index in [9.17, 15) is 4.79 Å². The van der Waals surface area contributed by atoms with Gasteiger partial charge in [-0.15, -0.1) is 0 Å². The maximum absolute atomic E-state index is 12.3. The first-order valence-electron chi connectivity index (χ1n) is 12.6. The number of carbonyl (C=O) groups excluding carboxylic acids is 1. The predicted octanol–water partition coefficient (Wildman–Crippen LogP) is 5.93. The largest absolute Gasteiger partial charge is 0.353 e. The Balaban J connectivity index is 1.23. The van der Waals surface area contributed by atoms with Gasteiger partial charge in [-0.05, 0) is 104 Å². The highest BCUT2D eigenvalue weighted by Crippen LogP contribution is 2.66. The van der Waals surface area contributed by atoms with Crippen molar-refractivity contribution in [2.75, 3.05) is 0 Å². The number of aromatic nitrogens is 1. The van der Waals surface area contributed by atoms with Crippen molar-refractivity contribution in [2.45, 2.75) is 77.7 Å². The molecule has 6 rings (SSSR count). The van der Waals surface area contributed by atoms with E-state index in [0.717, 1.165) is 43.4 Å². The summed E-state index contributed by atoms with van der Waals surface area (Å²) in [6.45, 7) is 5.09. The summed E-state index contributed by atoms with van der Waals surface area (Å²) in [6, 6.07) is 4.69. The first-order valence-corrected chi connectivity index (χ1v) is 12.6. The van der Waals surface area contributed by atoms with Gasteiger partial charge >= 0.3 is 0 Å². The molecular weight excluding hydrogens is 380 g/mol. The van der Waals surface area contributed by atoms with Gasteiger partial charge in [0.15, 0.2) is 0 Å². The lowest BCUT2D eigenvalue weighted by molar-refractivity contribution is -0.123. The zero-order chi connectivity index (χ0) is 21.2. The number of nitrogens with one attached hydrogen (secondary N) is 1. The Kier molecular flexibility index (Phi) is 4.49. The third kappa shape index (κ3) is 3.06. The highest BCUT2D eigenvalue weighted by molar-refractivity contribution is 5.81. The quantitative estimate of drug-likeness (QED) is 0.620.